The molecule has 0 heterocycles. The van der Waals surface area contributed by atoms with Crippen LogP contribution >= 0.6 is 0 Å². The molecule has 0 spiro atoms. The third kappa shape index (κ3) is 4.26. The van der Waals surface area contributed by atoms with E-state index in [2.05, 4.69) is 5.32 Å². The fourth-order valence-corrected chi connectivity index (χ4v) is 1.74. The van der Waals surface area contributed by atoms with Crippen molar-refractivity contribution in [3.63, 3.8) is 0 Å². The molecule has 0 aromatic heterocycles. The van der Waals surface area contributed by atoms with Crippen molar-refractivity contribution in [2.45, 2.75) is 13.0 Å². The number of aromatic hydroxyl groups is 1. The lowest BCUT2D eigenvalue weighted by atomic mass is 10.2. The molecule has 1 atom stereocenters. The number of rotatable bonds is 4. The van der Waals surface area contributed by atoms with E-state index in [-0.39, 0.29) is 17.0 Å². The minimum absolute atomic E-state index is 0.0672. The second-order valence-corrected chi connectivity index (χ2v) is 4.71. The van der Waals surface area contributed by atoms with Gasteiger partial charge in [-0.25, -0.2) is 13.6 Å². The van der Waals surface area contributed by atoms with E-state index in [4.69, 9.17) is 4.74 Å². The average Bonchev–Trinajstić information content (AvgIpc) is 2.49. The van der Waals surface area contributed by atoms with Crippen LogP contribution in [0.25, 0.3) is 0 Å². The Labute approximate surface area is 130 Å². The molecule has 0 radical (unpaired) electrons. The number of carbonyl (C=O) groups excluding carboxylic acids is 2. The molecule has 0 saturated heterocycles. The molecule has 0 aliphatic rings. The van der Waals surface area contributed by atoms with Gasteiger partial charge in [-0.05, 0) is 37.3 Å². The van der Waals surface area contributed by atoms with Gasteiger partial charge < -0.3 is 15.2 Å². The number of ether oxygens (including phenoxy) is 1. The summed E-state index contributed by atoms with van der Waals surface area (Å²) in [6.45, 7) is 1.30. The van der Waals surface area contributed by atoms with Crippen molar-refractivity contribution in [1.82, 2.24) is 0 Å². The highest BCUT2D eigenvalue weighted by Gasteiger charge is 2.20. The molecule has 0 bridgehead atoms. The fraction of sp³-hybridized carbons (Fsp3) is 0.125. The van der Waals surface area contributed by atoms with Crippen LogP contribution in [0.1, 0.15) is 17.3 Å². The van der Waals surface area contributed by atoms with E-state index in [9.17, 15) is 23.5 Å². The Morgan fingerprint density at radius 3 is 2.57 bits per heavy atom. The lowest BCUT2D eigenvalue weighted by molar-refractivity contribution is -0.123. The first-order valence-electron chi connectivity index (χ1n) is 6.63. The summed E-state index contributed by atoms with van der Waals surface area (Å²) in [5.74, 6) is -3.43. The van der Waals surface area contributed by atoms with Crippen molar-refractivity contribution in [2.24, 2.45) is 0 Å². The smallest absolute Gasteiger partial charge is 0.339 e. The predicted molar refractivity (Wildman–Crippen MR) is 78.0 cm³/mol. The van der Waals surface area contributed by atoms with Crippen LogP contribution in [0.2, 0.25) is 0 Å². The van der Waals surface area contributed by atoms with Crippen LogP contribution in [0.4, 0.5) is 14.5 Å². The van der Waals surface area contributed by atoms with Gasteiger partial charge in [0.05, 0.1) is 11.3 Å². The Kier molecular flexibility index (Phi) is 4.90. The molecule has 5 nitrogen and oxygen atoms in total. The minimum Gasteiger partial charge on any atom is -0.508 e. The minimum atomic E-state index is -1.21. The second-order valence-electron chi connectivity index (χ2n) is 4.71. The van der Waals surface area contributed by atoms with Crippen molar-refractivity contribution in [3.05, 3.63) is 59.7 Å². The summed E-state index contributed by atoms with van der Waals surface area (Å²) in [5.41, 5.74) is -0.158. The molecule has 0 aliphatic heterocycles. The van der Waals surface area contributed by atoms with E-state index >= 15 is 0 Å². The van der Waals surface area contributed by atoms with E-state index < -0.39 is 29.6 Å². The number of halogens is 2. The molecule has 2 aromatic carbocycles. The first-order chi connectivity index (χ1) is 10.9. The van der Waals surface area contributed by atoms with Gasteiger partial charge in [0.15, 0.2) is 6.10 Å². The maximum absolute atomic E-state index is 13.5. The highest BCUT2D eigenvalue weighted by Crippen LogP contribution is 2.16. The van der Waals surface area contributed by atoms with Crippen molar-refractivity contribution in [3.8, 4) is 5.75 Å². The number of phenolic OH excluding ortho intramolecular Hbond substituents is 1. The summed E-state index contributed by atoms with van der Waals surface area (Å²) in [7, 11) is 0. The largest absolute Gasteiger partial charge is 0.508 e. The molecule has 0 saturated carbocycles. The van der Waals surface area contributed by atoms with Gasteiger partial charge in [0.25, 0.3) is 5.91 Å². The van der Waals surface area contributed by atoms with Crippen molar-refractivity contribution < 1.29 is 28.2 Å². The van der Waals surface area contributed by atoms with Gasteiger partial charge >= 0.3 is 5.97 Å². The standard InChI is InChI=1S/C16H13F2NO4/c1-9(23-16(22)10-3-2-4-12(20)7-10)15(21)19-14-6-5-11(17)8-13(14)18/h2-9,20H,1H3,(H,19,21). The summed E-state index contributed by atoms with van der Waals surface area (Å²) < 4.78 is 31.2. The number of nitrogens with one attached hydrogen (secondary N) is 1. The molecule has 2 N–H and O–H groups in total. The van der Waals surface area contributed by atoms with Crippen LogP contribution in [0.5, 0.6) is 5.75 Å². The van der Waals surface area contributed by atoms with Crippen LogP contribution in [0.15, 0.2) is 42.5 Å². The van der Waals surface area contributed by atoms with Gasteiger partial charge in [0, 0.05) is 6.07 Å². The van der Waals surface area contributed by atoms with Gasteiger partial charge in [-0.15, -0.1) is 0 Å². The van der Waals surface area contributed by atoms with E-state index in [0.717, 1.165) is 12.1 Å². The predicted octanol–water partition coefficient (Wildman–Crippen LogP) is 2.85. The van der Waals surface area contributed by atoms with E-state index in [0.29, 0.717) is 6.07 Å². The van der Waals surface area contributed by atoms with E-state index in [1.165, 1.54) is 31.2 Å². The zero-order valence-electron chi connectivity index (χ0n) is 12.0. The molecule has 1 unspecified atom stereocenters. The van der Waals surface area contributed by atoms with Crippen molar-refractivity contribution in [1.29, 1.82) is 0 Å². The molecular formula is C16H13F2NO4. The maximum Gasteiger partial charge on any atom is 0.339 e. The third-order valence-corrected chi connectivity index (χ3v) is 2.92. The topological polar surface area (TPSA) is 75.6 Å². The van der Waals surface area contributed by atoms with Crippen LogP contribution in [-0.4, -0.2) is 23.1 Å². The highest BCUT2D eigenvalue weighted by atomic mass is 19.1. The van der Waals surface area contributed by atoms with Gasteiger partial charge in [0.1, 0.15) is 17.4 Å². The van der Waals surface area contributed by atoms with Crippen molar-refractivity contribution in [2.75, 3.05) is 5.32 Å². The Balaban J connectivity index is 2.01. The number of anilines is 1. The van der Waals surface area contributed by atoms with Gasteiger partial charge in [-0.2, -0.15) is 0 Å². The lowest BCUT2D eigenvalue weighted by Crippen LogP contribution is -2.30. The number of phenols is 1. The summed E-state index contributed by atoms with van der Waals surface area (Å²) in [4.78, 5) is 23.7. The quantitative estimate of drug-likeness (QED) is 0.849. The molecule has 23 heavy (non-hydrogen) atoms. The monoisotopic (exact) mass is 321 g/mol. The SMILES string of the molecule is CC(OC(=O)c1cccc(O)c1)C(=O)Nc1ccc(F)cc1F. The summed E-state index contributed by atoms with van der Waals surface area (Å²) in [5, 5.41) is 11.5. The molecule has 2 rings (SSSR count). The van der Waals surface area contributed by atoms with Crippen LogP contribution in [-0.2, 0) is 9.53 Å². The molecule has 0 aliphatic carbocycles. The zero-order valence-corrected chi connectivity index (χ0v) is 12.0. The van der Waals surface area contributed by atoms with E-state index in [1.807, 2.05) is 0 Å². The average molecular weight is 321 g/mol. The lowest BCUT2D eigenvalue weighted by Gasteiger charge is -2.14. The maximum atomic E-state index is 13.5. The number of amides is 1. The number of hydrogen-bond acceptors (Lipinski definition) is 4. The summed E-state index contributed by atoms with van der Waals surface area (Å²) >= 11 is 0. The molecule has 2 aromatic rings. The molecular weight excluding hydrogens is 308 g/mol. The number of carbonyl (C=O) groups is 2. The Bertz CT molecular complexity index is 749. The van der Waals surface area contributed by atoms with Crippen LogP contribution in [0.3, 0.4) is 0 Å². The number of benzene rings is 2. The van der Waals surface area contributed by atoms with Crippen molar-refractivity contribution >= 4 is 17.6 Å². The highest BCUT2D eigenvalue weighted by molar-refractivity contribution is 5.97. The molecule has 120 valence electrons. The number of hydrogen-bond donors (Lipinski definition) is 2. The summed E-state index contributed by atoms with van der Waals surface area (Å²) in [6.07, 6.45) is -1.21. The second kappa shape index (κ2) is 6.87. The first-order valence-corrected chi connectivity index (χ1v) is 6.63. The van der Waals surface area contributed by atoms with Gasteiger partial charge in [-0.1, -0.05) is 6.07 Å². The number of esters is 1. The normalized spacial score (nSPS) is 11.6. The van der Waals surface area contributed by atoms with Crippen LogP contribution in [0, 0.1) is 11.6 Å². The Morgan fingerprint density at radius 1 is 1.17 bits per heavy atom. The Morgan fingerprint density at radius 2 is 1.91 bits per heavy atom. The zero-order chi connectivity index (χ0) is 17.0. The van der Waals surface area contributed by atoms with Gasteiger partial charge in [0.2, 0.25) is 0 Å². The van der Waals surface area contributed by atoms with E-state index in [1.54, 1.807) is 0 Å². The Hall–Kier alpha value is -2.96. The van der Waals surface area contributed by atoms with Crippen LogP contribution < -0.4 is 5.32 Å². The first kappa shape index (κ1) is 16.4. The molecule has 7 heteroatoms. The molecule has 1 amide bonds. The summed E-state index contributed by atoms with van der Waals surface area (Å²) in [6, 6.07) is 8.10. The fourth-order valence-electron chi connectivity index (χ4n) is 1.74. The van der Waals surface area contributed by atoms with Gasteiger partial charge in [-0.3, -0.25) is 4.79 Å². The third-order valence-electron chi connectivity index (χ3n) is 2.92. The molecule has 0 fully saturated rings.